The van der Waals surface area contributed by atoms with Gasteiger partial charge < -0.3 is 10.6 Å². The topological polar surface area (TPSA) is 71.1 Å². The van der Waals surface area contributed by atoms with Crippen molar-refractivity contribution in [2.24, 2.45) is 0 Å². The van der Waals surface area contributed by atoms with Gasteiger partial charge in [0.25, 0.3) is 5.91 Å². The SMILES string of the molecule is CCC(=O)NCCCNC(=O)c1cc(-c2ccccc2)nc2ccccc12. The Morgan fingerprint density at radius 2 is 1.63 bits per heavy atom. The first-order valence-electron chi connectivity index (χ1n) is 9.19. The van der Waals surface area contributed by atoms with Crippen LogP contribution in [0.5, 0.6) is 0 Å². The summed E-state index contributed by atoms with van der Waals surface area (Å²) in [6.45, 7) is 2.87. The van der Waals surface area contributed by atoms with Crippen molar-refractivity contribution in [3.05, 3.63) is 66.2 Å². The van der Waals surface area contributed by atoms with Crippen molar-refractivity contribution < 1.29 is 9.59 Å². The fourth-order valence-electron chi connectivity index (χ4n) is 2.86. The lowest BCUT2D eigenvalue weighted by Gasteiger charge is -2.11. The van der Waals surface area contributed by atoms with Crippen LogP contribution in [-0.4, -0.2) is 29.9 Å². The Morgan fingerprint density at radius 3 is 2.41 bits per heavy atom. The normalized spacial score (nSPS) is 10.6. The van der Waals surface area contributed by atoms with Crippen LogP contribution < -0.4 is 10.6 Å². The molecule has 5 nitrogen and oxygen atoms in total. The molecule has 0 fully saturated rings. The average molecular weight is 361 g/mol. The Hall–Kier alpha value is -3.21. The Kier molecular flexibility index (Phi) is 6.15. The Balaban J connectivity index is 1.78. The van der Waals surface area contributed by atoms with E-state index >= 15 is 0 Å². The highest BCUT2D eigenvalue weighted by Crippen LogP contribution is 2.24. The molecule has 2 amide bonds. The second kappa shape index (κ2) is 8.94. The maximum Gasteiger partial charge on any atom is 0.252 e. The van der Waals surface area contributed by atoms with Gasteiger partial charge in [0, 0.05) is 30.5 Å². The maximum atomic E-state index is 12.8. The van der Waals surface area contributed by atoms with E-state index in [9.17, 15) is 9.59 Å². The molecular formula is C22H23N3O2. The van der Waals surface area contributed by atoms with Crippen LogP contribution in [0, 0.1) is 0 Å². The van der Waals surface area contributed by atoms with Crippen LogP contribution in [0.1, 0.15) is 30.1 Å². The first-order chi connectivity index (χ1) is 13.2. The molecule has 0 radical (unpaired) electrons. The lowest BCUT2D eigenvalue weighted by molar-refractivity contribution is -0.120. The summed E-state index contributed by atoms with van der Waals surface area (Å²) < 4.78 is 0. The number of fused-ring (bicyclic) bond motifs is 1. The van der Waals surface area contributed by atoms with Gasteiger partial charge in [0.15, 0.2) is 0 Å². The quantitative estimate of drug-likeness (QED) is 0.632. The number of aromatic nitrogens is 1. The van der Waals surface area contributed by atoms with Crippen molar-refractivity contribution in [1.29, 1.82) is 0 Å². The number of pyridine rings is 1. The average Bonchev–Trinajstić information content (AvgIpc) is 2.73. The molecule has 0 unspecified atom stereocenters. The van der Waals surface area contributed by atoms with Crippen molar-refractivity contribution in [2.75, 3.05) is 13.1 Å². The molecule has 2 N–H and O–H groups in total. The molecular weight excluding hydrogens is 338 g/mol. The largest absolute Gasteiger partial charge is 0.356 e. The molecule has 0 aliphatic rings. The van der Waals surface area contributed by atoms with Gasteiger partial charge in [-0.2, -0.15) is 0 Å². The number of nitrogens with one attached hydrogen (secondary N) is 2. The van der Waals surface area contributed by atoms with Crippen LogP contribution in [0.15, 0.2) is 60.7 Å². The van der Waals surface area contributed by atoms with Gasteiger partial charge in [0.2, 0.25) is 5.91 Å². The van der Waals surface area contributed by atoms with Crippen LogP contribution in [0.25, 0.3) is 22.2 Å². The van der Waals surface area contributed by atoms with Crippen LogP contribution in [0.2, 0.25) is 0 Å². The molecule has 3 rings (SSSR count). The molecule has 0 aliphatic carbocycles. The molecule has 27 heavy (non-hydrogen) atoms. The molecule has 0 atom stereocenters. The van der Waals surface area contributed by atoms with E-state index in [1.54, 1.807) is 0 Å². The molecule has 138 valence electrons. The number of carbonyl (C=O) groups excluding carboxylic acids is 2. The third kappa shape index (κ3) is 4.70. The molecule has 0 aliphatic heterocycles. The third-order valence-electron chi connectivity index (χ3n) is 4.31. The minimum absolute atomic E-state index is 0.0222. The summed E-state index contributed by atoms with van der Waals surface area (Å²) in [7, 11) is 0. The number of amides is 2. The van der Waals surface area contributed by atoms with Crippen LogP contribution in [-0.2, 0) is 4.79 Å². The van der Waals surface area contributed by atoms with Gasteiger partial charge in [-0.05, 0) is 18.6 Å². The molecule has 5 heteroatoms. The van der Waals surface area contributed by atoms with E-state index in [1.165, 1.54) is 0 Å². The second-order valence-corrected chi connectivity index (χ2v) is 6.25. The van der Waals surface area contributed by atoms with Crippen molar-refractivity contribution in [3.63, 3.8) is 0 Å². The van der Waals surface area contributed by atoms with Crippen molar-refractivity contribution in [1.82, 2.24) is 15.6 Å². The first kappa shape index (κ1) is 18.6. The molecule has 1 aromatic heterocycles. The predicted octanol–water partition coefficient (Wildman–Crippen LogP) is 3.55. The van der Waals surface area contributed by atoms with E-state index in [0.29, 0.717) is 31.5 Å². The van der Waals surface area contributed by atoms with E-state index in [2.05, 4.69) is 10.6 Å². The van der Waals surface area contributed by atoms with E-state index < -0.39 is 0 Å². The fraction of sp³-hybridized carbons (Fsp3) is 0.227. The van der Waals surface area contributed by atoms with Gasteiger partial charge in [-0.25, -0.2) is 4.98 Å². The Bertz CT molecular complexity index is 939. The van der Waals surface area contributed by atoms with Gasteiger partial charge >= 0.3 is 0 Å². The summed E-state index contributed by atoms with van der Waals surface area (Å²) in [5.41, 5.74) is 3.14. The highest BCUT2D eigenvalue weighted by atomic mass is 16.2. The number of benzene rings is 2. The minimum Gasteiger partial charge on any atom is -0.356 e. The van der Waals surface area contributed by atoms with Gasteiger partial charge in [-0.15, -0.1) is 0 Å². The van der Waals surface area contributed by atoms with Gasteiger partial charge in [0.1, 0.15) is 0 Å². The van der Waals surface area contributed by atoms with Crippen LogP contribution in [0.3, 0.4) is 0 Å². The zero-order valence-electron chi connectivity index (χ0n) is 15.4. The van der Waals surface area contributed by atoms with Crippen LogP contribution in [0.4, 0.5) is 0 Å². The molecule has 0 bridgehead atoms. The number of para-hydroxylation sites is 1. The van der Waals surface area contributed by atoms with Gasteiger partial charge in [0.05, 0.1) is 16.8 Å². The molecule has 3 aromatic rings. The summed E-state index contributed by atoms with van der Waals surface area (Å²) in [5.74, 6) is -0.110. The lowest BCUT2D eigenvalue weighted by Crippen LogP contribution is -2.29. The molecule has 0 saturated heterocycles. The van der Waals surface area contributed by atoms with E-state index in [4.69, 9.17) is 4.98 Å². The summed E-state index contributed by atoms with van der Waals surface area (Å²) in [4.78, 5) is 28.7. The monoisotopic (exact) mass is 361 g/mol. The summed E-state index contributed by atoms with van der Waals surface area (Å²) in [6, 6.07) is 19.3. The maximum absolute atomic E-state index is 12.8. The van der Waals surface area contributed by atoms with E-state index in [1.807, 2.05) is 67.6 Å². The smallest absolute Gasteiger partial charge is 0.252 e. The third-order valence-corrected chi connectivity index (χ3v) is 4.31. The Morgan fingerprint density at radius 1 is 0.926 bits per heavy atom. The van der Waals surface area contributed by atoms with E-state index in [-0.39, 0.29) is 11.8 Å². The number of hydrogen-bond acceptors (Lipinski definition) is 3. The number of carbonyl (C=O) groups is 2. The lowest BCUT2D eigenvalue weighted by atomic mass is 10.0. The fourth-order valence-corrected chi connectivity index (χ4v) is 2.86. The Labute approximate surface area is 158 Å². The standard InChI is InChI=1S/C22H23N3O2/c1-2-21(26)23-13-8-14-24-22(27)18-15-20(16-9-4-3-5-10-16)25-19-12-7-6-11-17(18)19/h3-7,9-12,15H,2,8,13-14H2,1H3,(H,23,26)(H,24,27). The van der Waals surface area contributed by atoms with Gasteiger partial charge in [-0.3, -0.25) is 9.59 Å². The molecule has 0 saturated carbocycles. The molecule has 1 heterocycles. The van der Waals surface area contributed by atoms with Crippen molar-refractivity contribution >= 4 is 22.7 Å². The zero-order valence-corrected chi connectivity index (χ0v) is 15.4. The number of hydrogen-bond donors (Lipinski definition) is 2. The second-order valence-electron chi connectivity index (χ2n) is 6.25. The summed E-state index contributed by atoms with van der Waals surface area (Å²) >= 11 is 0. The first-order valence-corrected chi connectivity index (χ1v) is 9.19. The predicted molar refractivity (Wildman–Crippen MR) is 107 cm³/mol. The summed E-state index contributed by atoms with van der Waals surface area (Å²) in [6.07, 6.45) is 1.16. The van der Waals surface area contributed by atoms with Gasteiger partial charge in [-0.1, -0.05) is 55.5 Å². The highest BCUT2D eigenvalue weighted by molar-refractivity contribution is 6.07. The van der Waals surface area contributed by atoms with E-state index in [0.717, 1.165) is 22.2 Å². The number of rotatable bonds is 7. The van der Waals surface area contributed by atoms with Crippen molar-refractivity contribution in [3.8, 4) is 11.3 Å². The van der Waals surface area contributed by atoms with Crippen LogP contribution >= 0.6 is 0 Å². The highest BCUT2D eigenvalue weighted by Gasteiger charge is 2.13. The molecule has 2 aromatic carbocycles. The number of nitrogens with zero attached hydrogens (tertiary/aromatic N) is 1. The summed E-state index contributed by atoms with van der Waals surface area (Å²) in [5, 5.41) is 6.58. The van der Waals surface area contributed by atoms with Crippen molar-refractivity contribution in [2.45, 2.75) is 19.8 Å². The minimum atomic E-state index is -0.132. The zero-order chi connectivity index (χ0) is 19.1. The molecule has 0 spiro atoms.